The van der Waals surface area contributed by atoms with Crippen LogP contribution in [0.25, 0.3) is 0 Å². The maximum Gasteiger partial charge on any atom is 0.313 e. The van der Waals surface area contributed by atoms with E-state index in [2.05, 4.69) is 15.5 Å². The number of hydrogen-bond acceptors (Lipinski definition) is 5. The molecule has 1 heterocycles. The summed E-state index contributed by atoms with van der Waals surface area (Å²) < 4.78 is 1.76. The van der Waals surface area contributed by atoms with Gasteiger partial charge in [0.2, 0.25) is 5.16 Å². The van der Waals surface area contributed by atoms with Crippen LogP contribution in [0.2, 0.25) is 0 Å². The molecule has 1 fully saturated rings. The first-order chi connectivity index (χ1) is 7.27. The van der Waals surface area contributed by atoms with E-state index in [9.17, 15) is 4.79 Å². The van der Waals surface area contributed by atoms with Crippen molar-refractivity contribution in [3.8, 4) is 0 Å². The Morgan fingerprint density at radius 3 is 2.93 bits per heavy atom. The molecule has 1 N–H and O–H groups in total. The number of tetrazole rings is 1. The molecular weight excluding hydrogens is 216 g/mol. The standard InChI is InChI=1S/C8H12N4O2S/c13-7(14)5-15-8-9-10-11-12(8)6-3-1-2-4-6/h6H,1-5H2,(H,13,14). The normalized spacial score (nSPS) is 17.1. The molecule has 1 aliphatic carbocycles. The number of carbonyl (C=O) groups is 1. The molecule has 0 aromatic carbocycles. The van der Waals surface area contributed by atoms with Crippen molar-refractivity contribution < 1.29 is 9.90 Å². The number of hydrogen-bond donors (Lipinski definition) is 1. The molecule has 0 aliphatic heterocycles. The molecule has 0 radical (unpaired) electrons. The molecular formula is C8H12N4O2S. The van der Waals surface area contributed by atoms with Crippen LogP contribution < -0.4 is 0 Å². The van der Waals surface area contributed by atoms with E-state index in [-0.39, 0.29) is 5.75 Å². The smallest absolute Gasteiger partial charge is 0.313 e. The molecule has 0 saturated heterocycles. The average Bonchev–Trinajstić information content (AvgIpc) is 2.85. The number of thioether (sulfide) groups is 1. The van der Waals surface area contributed by atoms with E-state index in [1.807, 2.05) is 0 Å². The highest BCUT2D eigenvalue weighted by Gasteiger charge is 2.21. The van der Waals surface area contributed by atoms with E-state index in [1.54, 1.807) is 4.68 Å². The Kier molecular flexibility index (Phi) is 3.20. The lowest BCUT2D eigenvalue weighted by Crippen LogP contribution is -2.09. The summed E-state index contributed by atoms with van der Waals surface area (Å²) in [6.45, 7) is 0. The number of aromatic nitrogens is 4. The van der Waals surface area contributed by atoms with E-state index in [0.29, 0.717) is 11.2 Å². The van der Waals surface area contributed by atoms with Gasteiger partial charge in [-0.15, -0.1) is 5.10 Å². The topological polar surface area (TPSA) is 80.9 Å². The first-order valence-corrected chi connectivity index (χ1v) is 5.88. The van der Waals surface area contributed by atoms with Crippen LogP contribution in [0.4, 0.5) is 0 Å². The van der Waals surface area contributed by atoms with E-state index in [1.165, 1.54) is 24.6 Å². The zero-order chi connectivity index (χ0) is 10.7. The fourth-order valence-corrected chi connectivity index (χ4v) is 2.45. The van der Waals surface area contributed by atoms with E-state index in [4.69, 9.17) is 5.11 Å². The molecule has 1 saturated carbocycles. The van der Waals surface area contributed by atoms with Gasteiger partial charge < -0.3 is 5.11 Å². The highest BCUT2D eigenvalue weighted by molar-refractivity contribution is 7.99. The molecule has 0 bridgehead atoms. The van der Waals surface area contributed by atoms with Crippen LogP contribution in [-0.2, 0) is 4.79 Å². The van der Waals surface area contributed by atoms with Gasteiger partial charge in [0.15, 0.2) is 0 Å². The number of carboxylic acids is 1. The molecule has 1 aliphatic rings. The van der Waals surface area contributed by atoms with Crippen LogP contribution in [0, 0.1) is 0 Å². The molecule has 1 aromatic rings. The van der Waals surface area contributed by atoms with Crippen molar-refractivity contribution in [1.29, 1.82) is 0 Å². The van der Waals surface area contributed by atoms with Crippen LogP contribution in [0.5, 0.6) is 0 Å². The number of aliphatic carboxylic acids is 1. The van der Waals surface area contributed by atoms with Crippen molar-refractivity contribution >= 4 is 17.7 Å². The third-order valence-electron chi connectivity index (χ3n) is 2.46. The first kappa shape index (κ1) is 10.4. The summed E-state index contributed by atoms with van der Waals surface area (Å²) in [5.74, 6) is -0.839. The molecule has 0 unspecified atom stereocenters. The second-order valence-electron chi connectivity index (χ2n) is 3.53. The number of nitrogens with zero attached hydrogens (tertiary/aromatic N) is 4. The molecule has 0 amide bonds. The average molecular weight is 228 g/mol. The molecule has 15 heavy (non-hydrogen) atoms. The van der Waals surface area contributed by atoms with Gasteiger partial charge >= 0.3 is 5.97 Å². The largest absolute Gasteiger partial charge is 0.481 e. The highest BCUT2D eigenvalue weighted by atomic mass is 32.2. The third-order valence-corrected chi connectivity index (χ3v) is 3.38. The second-order valence-corrected chi connectivity index (χ2v) is 4.47. The van der Waals surface area contributed by atoms with Gasteiger partial charge in [-0.05, 0) is 23.3 Å². The molecule has 0 spiro atoms. The number of rotatable bonds is 4. The Hall–Kier alpha value is -1.11. The van der Waals surface area contributed by atoms with Gasteiger partial charge in [0.05, 0.1) is 11.8 Å². The molecule has 6 nitrogen and oxygen atoms in total. The van der Waals surface area contributed by atoms with Crippen molar-refractivity contribution in [2.24, 2.45) is 0 Å². The molecule has 1 aromatic heterocycles. The van der Waals surface area contributed by atoms with Gasteiger partial charge in [0, 0.05) is 0 Å². The summed E-state index contributed by atoms with van der Waals surface area (Å²) in [4.78, 5) is 10.4. The fraction of sp³-hybridized carbons (Fsp3) is 0.750. The lowest BCUT2D eigenvalue weighted by molar-refractivity contribution is -0.133. The Bertz CT molecular complexity index is 348. The van der Waals surface area contributed by atoms with E-state index >= 15 is 0 Å². The van der Waals surface area contributed by atoms with Gasteiger partial charge in [-0.1, -0.05) is 24.6 Å². The quantitative estimate of drug-likeness (QED) is 0.773. The summed E-state index contributed by atoms with van der Waals surface area (Å²) >= 11 is 1.18. The maximum atomic E-state index is 10.4. The lowest BCUT2D eigenvalue weighted by Gasteiger charge is -2.09. The summed E-state index contributed by atoms with van der Waals surface area (Å²) in [5, 5.41) is 20.5. The van der Waals surface area contributed by atoms with Crippen molar-refractivity contribution in [2.45, 2.75) is 36.9 Å². The van der Waals surface area contributed by atoms with Gasteiger partial charge in [0.25, 0.3) is 0 Å². The van der Waals surface area contributed by atoms with Gasteiger partial charge in [0.1, 0.15) is 0 Å². The minimum absolute atomic E-state index is 0.00704. The van der Waals surface area contributed by atoms with Gasteiger partial charge in [-0.25, -0.2) is 4.68 Å². The van der Waals surface area contributed by atoms with Crippen molar-refractivity contribution in [1.82, 2.24) is 20.2 Å². The Morgan fingerprint density at radius 1 is 1.53 bits per heavy atom. The van der Waals surface area contributed by atoms with Crippen molar-refractivity contribution in [3.63, 3.8) is 0 Å². The molecule has 2 rings (SSSR count). The van der Waals surface area contributed by atoms with Gasteiger partial charge in [-0.3, -0.25) is 4.79 Å². The fourth-order valence-electron chi connectivity index (χ4n) is 1.78. The molecule has 0 atom stereocenters. The minimum atomic E-state index is -0.846. The number of carboxylic acid groups (broad SMARTS) is 1. The van der Waals surface area contributed by atoms with Crippen LogP contribution >= 0.6 is 11.8 Å². The van der Waals surface area contributed by atoms with Crippen LogP contribution in [0.1, 0.15) is 31.7 Å². The monoisotopic (exact) mass is 228 g/mol. The predicted octanol–water partition coefficient (Wildman–Crippen LogP) is 0.965. The minimum Gasteiger partial charge on any atom is -0.481 e. The second kappa shape index (κ2) is 4.61. The van der Waals surface area contributed by atoms with Crippen LogP contribution in [0.15, 0.2) is 5.16 Å². The highest BCUT2D eigenvalue weighted by Crippen LogP contribution is 2.31. The maximum absolute atomic E-state index is 10.4. The Balaban J connectivity index is 2.04. The summed E-state index contributed by atoms with van der Waals surface area (Å²) in [6.07, 6.45) is 4.58. The van der Waals surface area contributed by atoms with Crippen LogP contribution in [0.3, 0.4) is 0 Å². The lowest BCUT2D eigenvalue weighted by atomic mass is 10.3. The van der Waals surface area contributed by atoms with Crippen molar-refractivity contribution in [2.75, 3.05) is 5.75 Å². The van der Waals surface area contributed by atoms with E-state index < -0.39 is 5.97 Å². The predicted molar refractivity (Wildman–Crippen MR) is 53.7 cm³/mol. The van der Waals surface area contributed by atoms with Crippen molar-refractivity contribution in [3.05, 3.63) is 0 Å². The Morgan fingerprint density at radius 2 is 2.27 bits per heavy atom. The zero-order valence-corrected chi connectivity index (χ0v) is 8.98. The molecule has 7 heteroatoms. The zero-order valence-electron chi connectivity index (χ0n) is 8.17. The summed E-state index contributed by atoms with van der Waals surface area (Å²) in [6, 6.07) is 0.358. The van der Waals surface area contributed by atoms with Gasteiger partial charge in [-0.2, -0.15) is 0 Å². The van der Waals surface area contributed by atoms with E-state index in [0.717, 1.165) is 12.8 Å². The first-order valence-electron chi connectivity index (χ1n) is 4.90. The molecule has 82 valence electrons. The third kappa shape index (κ3) is 2.47. The summed E-state index contributed by atoms with van der Waals surface area (Å²) in [7, 11) is 0. The Labute approximate surface area is 91.0 Å². The summed E-state index contributed by atoms with van der Waals surface area (Å²) in [5.41, 5.74) is 0. The SMILES string of the molecule is O=C(O)CSc1nnnn1C1CCCC1. The van der Waals surface area contributed by atoms with Crippen LogP contribution in [-0.4, -0.2) is 37.0 Å².